The van der Waals surface area contributed by atoms with Gasteiger partial charge in [0.1, 0.15) is 0 Å². The van der Waals surface area contributed by atoms with E-state index >= 15 is 0 Å². The normalized spacial score (nSPS) is 17.4. The minimum absolute atomic E-state index is 0.0469. The summed E-state index contributed by atoms with van der Waals surface area (Å²) in [5, 5.41) is 20.3. The van der Waals surface area contributed by atoms with Crippen LogP contribution in [0.3, 0.4) is 0 Å². The first-order valence-corrected chi connectivity index (χ1v) is 7.73. The van der Waals surface area contributed by atoms with E-state index in [0.717, 1.165) is 22.3 Å². The van der Waals surface area contributed by atoms with E-state index in [1.807, 2.05) is 24.3 Å². The number of benzene rings is 2. The maximum Gasteiger partial charge on any atom is 0.269 e. The molecule has 0 saturated carbocycles. The third kappa shape index (κ3) is 2.31. The van der Waals surface area contributed by atoms with E-state index in [4.69, 9.17) is 11.8 Å². The van der Waals surface area contributed by atoms with Crippen LogP contribution >= 0.6 is 0 Å². The van der Waals surface area contributed by atoms with Crippen molar-refractivity contribution in [2.75, 3.05) is 6.54 Å². The number of nitro groups is 1. The number of nitro benzene ring substituents is 1. The lowest BCUT2D eigenvalue weighted by Crippen LogP contribution is -2.26. The Morgan fingerprint density at radius 3 is 2.62 bits per heavy atom. The monoisotopic (exact) mass is 317 g/mol. The van der Waals surface area contributed by atoms with Crippen molar-refractivity contribution in [2.24, 2.45) is 0 Å². The van der Waals surface area contributed by atoms with Crippen LogP contribution in [0.2, 0.25) is 0 Å². The summed E-state index contributed by atoms with van der Waals surface area (Å²) in [5.41, 5.74) is 3.50. The lowest BCUT2D eigenvalue weighted by atomic mass is 9.72. The van der Waals surface area contributed by atoms with E-state index < -0.39 is 10.3 Å². The highest BCUT2D eigenvalue weighted by atomic mass is 16.6. The van der Waals surface area contributed by atoms with Crippen LogP contribution in [-0.2, 0) is 5.41 Å². The largest absolute Gasteiger partial charge is 0.317 e. The Hall–Kier alpha value is -3.18. The second kappa shape index (κ2) is 6.14. The van der Waals surface area contributed by atoms with Crippen molar-refractivity contribution in [1.29, 1.82) is 5.26 Å². The zero-order chi connectivity index (χ0) is 17.2. The summed E-state index contributed by atoms with van der Waals surface area (Å²) in [6.07, 6.45) is 1.46. The summed E-state index contributed by atoms with van der Waals surface area (Å²) in [6, 6.07) is 15.0. The molecule has 2 aromatic rings. The number of rotatable bonds is 5. The van der Waals surface area contributed by atoms with Gasteiger partial charge in [0.2, 0.25) is 6.54 Å². The van der Waals surface area contributed by atoms with E-state index in [9.17, 15) is 10.1 Å². The highest BCUT2D eigenvalue weighted by Gasteiger charge is 2.44. The van der Waals surface area contributed by atoms with Crippen molar-refractivity contribution in [3.8, 4) is 17.2 Å². The molecule has 0 amide bonds. The Balaban J connectivity index is 2.27. The van der Waals surface area contributed by atoms with Gasteiger partial charge >= 0.3 is 0 Å². The predicted molar refractivity (Wildman–Crippen MR) is 90.2 cm³/mol. The van der Waals surface area contributed by atoms with E-state index in [1.54, 1.807) is 12.1 Å². The minimum atomic E-state index is -0.502. The molecule has 1 aliphatic carbocycles. The van der Waals surface area contributed by atoms with Gasteiger partial charge in [-0.3, -0.25) is 10.1 Å². The van der Waals surface area contributed by atoms with Crippen molar-refractivity contribution in [3.63, 3.8) is 0 Å². The van der Waals surface area contributed by atoms with E-state index in [1.165, 1.54) is 6.07 Å². The van der Waals surface area contributed by atoms with Crippen LogP contribution in [0.4, 0.5) is 5.69 Å². The summed E-state index contributed by atoms with van der Waals surface area (Å²) >= 11 is 0. The van der Waals surface area contributed by atoms with Gasteiger partial charge in [-0.25, -0.2) is 6.57 Å². The molecule has 0 bridgehead atoms. The molecular formula is C19H15N3O2. The molecule has 118 valence electrons. The molecule has 0 aromatic heterocycles. The summed E-state index contributed by atoms with van der Waals surface area (Å²) < 4.78 is 0. The van der Waals surface area contributed by atoms with E-state index in [2.05, 4.69) is 10.9 Å². The Labute approximate surface area is 140 Å². The molecule has 5 nitrogen and oxygen atoms in total. The molecule has 0 fully saturated rings. The van der Waals surface area contributed by atoms with E-state index in [-0.39, 0.29) is 5.69 Å². The molecule has 1 unspecified atom stereocenters. The van der Waals surface area contributed by atoms with Crippen molar-refractivity contribution in [1.82, 2.24) is 0 Å². The third-order valence-corrected chi connectivity index (χ3v) is 4.78. The van der Waals surface area contributed by atoms with E-state index in [0.29, 0.717) is 25.8 Å². The molecule has 0 N–H and O–H groups in total. The number of hydrogen-bond donors (Lipinski definition) is 0. The molecule has 1 aliphatic rings. The Morgan fingerprint density at radius 2 is 1.92 bits per heavy atom. The van der Waals surface area contributed by atoms with Gasteiger partial charge in [0.15, 0.2) is 0 Å². The van der Waals surface area contributed by atoms with Crippen LogP contribution in [-0.4, -0.2) is 11.5 Å². The fraction of sp³-hybridized carbons (Fsp3) is 0.263. The van der Waals surface area contributed by atoms with Crippen LogP contribution in [0.1, 0.15) is 30.4 Å². The van der Waals surface area contributed by atoms with Gasteiger partial charge in [-0.15, -0.1) is 0 Å². The second-order valence-corrected chi connectivity index (χ2v) is 5.90. The van der Waals surface area contributed by atoms with Crippen LogP contribution in [0, 0.1) is 28.0 Å². The smallest absolute Gasteiger partial charge is 0.269 e. The zero-order valence-electron chi connectivity index (χ0n) is 13.0. The van der Waals surface area contributed by atoms with Gasteiger partial charge in [-0.05, 0) is 34.7 Å². The predicted octanol–water partition coefficient (Wildman–Crippen LogP) is 4.47. The van der Waals surface area contributed by atoms with Crippen molar-refractivity contribution in [3.05, 3.63) is 75.1 Å². The topological polar surface area (TPSA) is 71.3 Å². The molecule has 0 aliphatic heterocycles. The molecule has 5 heteroatoms. The first-order valence-electron chi connectivity index (χ1n) is 7.73. The number of nitriles is 1. The van der Waals surface area contributed by atoms with Gasteiger partial charge in [0, 0.05) is 30.4 Å². The summed E-state index contributed by atoms with van der Waals surface area (Å²) in [7, 11) is 0. The molecule has 2 aromatic carbocycles. The maximum atomic E-state index is 11.2. The van der Waals surface area contributed by atoms with Crippen molar-refractivity contribution < 1.29 is 4.92 Å². The van der Waals surface area contributed by atoms with Crippen molar-refractivity contribution >= 4 is 5.69 Å². The SMILES string of the molecule is [C-]#[N+]CCC1(CCC#N)c2ccccc2-c2ccc([N+](=O)[O-])cc21. The summed E-state index contributed by atoms with van der Waals surface area (Å²) in [6.45, 7) is 7.48. The van der Waals surface area contributed by atoms with Gasteiger partial charge in [0.25, 0.3) is 5.69 Å². The zero-order valence-corrected chi connectivity index (χ0v) is 13.0. The van der Waals surface area contributed by atoms with Crippen LogP contribution in [0.15, 0.2) is 42.5 Å². The molecule has 0 saturated heterocycles. The molecule has 3 rings (SSSR count). The number of hydrogen-bond acceptors (Lipinski definition) is 3. The van der Waals surface area contributed by atoms with Gasteiger partial charge < -0.3 is 4.85 Å². The first kappa shape index (κ1) is 15.7. The lowest BCUT2D eigenvalue weighted by Gasteiger charge is -2.29. The Morgan fingerprint density at radius 1 is 1.17 bits per heavy atom. The molecule has 24 heavy (non-hydrogen) atoms. The Bertz CT molecular complexity index is 872. The number of non-ortho nitro benzene ring substituents is 1. The molecule has 1 atom stereocenters. The maximum absolute atomic E-state index is 11.2. The first-order chi connectivity index (χ1) is 11.6. The summed E-state index contributed by atoms with van der Waals surface area (Å²) in [4.78, 5) is 14.3. The molecular weight excluding hydrogens is 302 g/mol. The second-order valence-electron chi connectivity index (χ2n) is 5.90. The van der Waals surface area contributed by atoms with Crippen LogP contribution < -0.4 is 0 Å². The van der Waals surface area contributed by atoms with Crippen molar-refractivity contribution in [2.45, 2.75) is 24.7 Å². The van der Waals surface area contributed by atoms with Gasteiger partial charge in [-0.2, -0.15) is 5.26 Å². The molecule has 0 heterocycles. The van der Waals surface area contributed by atoms with Crippen LogP contribution in [0.5, 0.6) is 0 Å². The van der Waals surface area contributed by atoms with Gasteiger partial charge in [-0.1, -0.05) is 24.3 Å². The quantitative estimate of drug-likeness (QED) is 0.464. The minimum Gasteiger partial charge on any atom is -0.317 e. The number of fused-ring (bicyclic) bond motifs is 3. The fourth-order valence-electron chi connectivity index (χ4n) is 3.74. The highest BCUT2D eigenvalue weighted by molar-refractivity contribution is 5.82. The molecule has 0 spiro atoms. The third-order valence-electron chi connectivity index (χ3n) is 4.78. The van der Waals surface area contributed by atoms with Gasteiger partial charge in [0.05, 0.1) is 11.0 Å². The standard InChI is InChI=1S/C19H15N3O2/c1-21-12-10-19(9-4-11-20)17-6-3-2-5-15(17)16-8-7-14(22(23)24)13-18(16)19/h2-3,5-8,13H,4,9-10,12H2. The fourth-order valence-corrected chi connectivity index (χ4v) is 3.74. The molecule has 0 radical (unpaired) electrons. The average molecular weight is 317 g/mol. The number of nitrogens with zero attached hydrogens (tertiary/aromatic N) is 3. The average Bonchev–Trinajstić information content (AvgIpc) is 2.88. The summed E-state index contributed by atoms with van der Waals surface area (Å²) in [5.74, 6) is 0. The highest BCUT2D eigenvalue weighted by Crippen LogP contribution is 2.53. The van der Waals surface area contributed by atoms with Crippen LogP contribution in [0.25, 0.3) is 16.0 Å². The lowest BCUT2D eigenvalue weighted by molar-refractivity contribution is -0.384. The Kier molecular flexibility index (Phi) is 4.02.